The van der Waals surface area contributed by atoms with Gasteiger partial charge in [0.25, 0.3) is 0 Å². The number of fused-ring (bicyclic) bond motifs is 1. The third kappa shape index (κ3) is 1.86. The van der Waals surface area contributed by atoms with Crippen LogP contribution < -0.4 is 5.32 Å². The van der Waals surface area contributed by atoms with Crippen LogP contribution in [0.3, 0.4) is 0 Å². The van der Waals surface area contributed by atoms with Gasteiger partial charge >= 0.3 is 5.97 Å². The Hall–Kier alpha value is -1.03. The van der Waals surface area contributed by atoms with Crippen molar-refractivity contribution in [3.05, 3.63) is 29.8 Å². The first-order valence-electron chi connectivity index (χ1n) is 4.90. The van der Waals surface area contributed by atoms with Crippen molar-refractivity contribution in [3.63, 3.8) is 0 Å². The van der Waals surface area contributed by atoms with Gasteiger partial charge in [-0.3, -0.25) is 0 Å². The molecule has 1 aromatic rings. The van der Waals surface area contributed by atoms with Crippen molar-refractivity contribution in [2.45, 2.75) is 17.8 Å². The fourth-order valence-corrected chi connectivity index (χ4v) is 2.45. The van der Waals surface area contributed by atoms with Crippen molar-refractivity contribution in [1.82, 2.24) is 0 Å². The summed E-state index contributed by atoms with van der Waals surface area (Å²) in [4.78, 5) is 11.6. The fraction of sp³-hybridized carbons (Fsp3) is 0.364. The Morgan fingerprint density at radius 2 is 2.27 bits per heavy atom. The molecule has 0 bridgehead atoms. The monoisotopic (exact) mass is 269 g/mol. The van der Waals surface area contributed by atoms with Gasteiger partial charge in [-0.05, 0) is 18.6 Å². The van der Waals surface area contributed by atoms with E-state index in [0.717, 1.165) is 11.3 Å². The second-order valence-electron chi connectivity index (χ2n) is 3.36. The van der Waals surface area contributed by atoms with Gasteiger partial charge in [0, 0.05) is 5.69 Å². The van der Waals surface area contributed by atoms with Crippen LogP contribution in [0.15, 0.2) is 24.3 Å². The number of ether oxygens (including phenoxy) is 1. The lowest BCUT2D eigenvalue weighted by Crippen LogP contribution is -2.30. The summed E-state index contributed by atoms with van der Waals surface area (Å²) in [5.74, 6) is -0.212. The van der Waals surface area contributed by atoms with Crippen LogP contribution in [0.4, 0.5) is 5.69 Å². The van der Waals surface area contributed by atoms with Crippen molar-refractivity contribution in [2.75, 3.05) is 11.9 Å². The lowest BCUT2D eigenvalue weighted by atomic mass is 10.1. The minimum Gasteiger partial charge on any atom is -0.464 e. The molecule has 1 heterocycles. The number of hydrogen-bond donors (Lipinski definition) is 1. The Balaban J connectivity index is 2.19. The van der Waals surface area contributed by atoms with E-state index < -0.39 is 0 Å². The molecule has 3 nitrogen and oxygen atoms in total. The van der Waals surface area contributed by atoms with E-state index in [1.807, 2.05) is 31.2 Å². The summed E-state index contributed by atoms with van der Waals surface area (Å²) >= 11 is 3.51. The van der Waals surface area contributed by atoms with Gasteiger partial charge in [-0.15, -0.1) is 0 Å². The molecular formula is C11H12BrNO2. The third-order valence-electron chi connectivity index (χ3n) is 2.40. The van der Waals surface area contributed by atoms with E-state index in [9.17, 15) is 4.79 Å². The molecule has 80 valence electrons. The summed E-state index contributed by atoms with van der Waals surface area (Å²) < 4.78 is 5.00. The number of hydrogen-bond acceptors (Lipinski definition) is 3. The summed E-state index contributed by atoms with van der Waals surface area (Å²) in [7, 11) is 0. The normalized spacial score (nSPS) is 23.1. The summed E-state index contributed by atoms with van der Waals surface area (Å²) in [5.41, 5.74) is 2.10. The average Bonchev–Trinajstić information content (AvgIpc) is 2.57. The van der Waals surface area contributed by atoms with E-state index in [1.165, 1.54) is 0 Å². The summed E-state index contributed by atoms with van der Waals surface area (Å²) in [6, 6.07) is 7.55. The Kier molecular flexibility index (Phi) is 2.95. The minimum absolute atomic E-state index is 0.00671. The molecule has 1 aliphatic heterocycles. The van der Waals surface area contributed by atoms with Crippen molar-refractivity contribution < 1.29 is 9.53 Å². The maximum Gasteiger partial charge on any atom is 0.330 e. The number of anilines is 1. The topological polar surface area (TPSA) is 38.3 Å². The zero-order valence-electron chi connectivity index (χ0n) is 8.37. The van der Waals surface area contributed by atoms with Gasteiger partial charge in [0.1, 0.15) is 6.04 Å². The van der Waals surface area contributed by atoms with E-state index in [2.05, 4.69) is 21.2 Å². The van der Waals surface area contributed by atoms with Crippen molar-refractivity contribution in [3.8, 4) is 0 Å². The van der Waals surface area contributed by atoms with Gasteiger partial charge in [-0.2, -0.15) is 0 Å². The number of nitrogens with one attached hydrogen (secondary N) is 1. The molecule has 0 saturated heterocycles. The summed E-state index contributed by atoms with van der Waals surface area (Å²) in [6.07, 6.45) is 0. The predicted octanol–water partition coefficient (Wildman–Crippen LogP) is 2.48. The zero-order chi connectivity index (χ0) is 10.8. The number of para-hydroxylation sites is 1. The number of carbonyl (C=O) groups is 1. The smallest absolute Gasteiger partial charge is 0.330 e. The maximum atomic E-state index is 11.6. The quantitative estimate of drug-likeness (QED) is 0.662. The van der Waals surface area contributed by atoms with Crippen molar-refractivity contribution >= 4 is 27.6 Å². The number of rotatable bonds is 2. The molecule has 0 fully saturated rings. The van der Waals surface area contributed by atoms with Gasteiger partial charge < -0.3 is 10.1 Å². The average molecular weight is 270 g/mol. The van der Waals surface area contributed by atoms with E-state index in [-0.39, 0.29) is 16.8 Å². The Morgan fingerprint density at radius 3 is 2.93 bits per heavy atom. The summed E-state index contributed by atoms with van der Waals surface area (Å²) in [6.45, 7) is 2.22. The summed E-state index contributed by atoms with van der Waals surface area (Å²) in [5, 5.41) is 3.15. The van der Waals surface area contributed by atoms with Crippen LogP contribution in [0.5, 0.6) is 0 Å². The molecular weight excluding hydrogens is 258 g/mol. The number of benzene rings is 1. The van der Waals surface area contributed by atoms with E-state index in [0.29, 0.717) is 6.61 Å². The Labute approximate surface area is 96.9 Å². The van der Waals surface area contributed by atoms with Crippen LogP contribution in [0, 0.1) is 0 Å². The van der Waals surface area contributed by atoms with Crippen LogP contribution >= 0.6 is 15.9 Å². The highest BCUT2D eigenvalue weighted by Gasteiger charge is 2.35. The first kappa shape index (κ1) is 10.5. The molecule has 0 aliphatic carbocycles. The molecule has 2 atom stereocenters. The first-order chi connectivity index (χ1) is 7.24. The fourth-order valence-electron chi connectivity index (χ4n) is 1.70. The molecule has 4 heteroatoms. The molecule has 0 spiro atoms. The number of esters is 1. The molecule has 2 rings (SSSR count). The van der Waals surface area contributed by atoms with Crippen LogP contribution in [0.25, 0.3) is 0 Å². The van der Waals surface area contributed by atoms with Gasteiger partial charge in [0.05, 0.1) is 11.4 Å². The number of halogens is 1. The van der Waals surface area contributed by atoms with E-state index >= 15 is 0 Å². The molecule has 1 aliphatic rings. The lowest BCUT2D eigenvalue weighted by molar-refractivity contribution is -0.143. The van der Waals surface area contributed by atoms with Crippen LogP contribution in [0.1, 0.15) is 17.3 Å². The SMILES string of the molecule is CCOC(=O)C1Nc2ccccc2C1Br. The zero-order valence-corrected chi connectivity index (χ0v) is 9.95. The van der Waals surface area contributed by atoms with Crippen molar-refractivity contribution in [1.29, 1.82) is 0 Å². The molecule has 15 heavy (non-hydrogen) atoms. The molecule has 0 saturated carbocycles. The molecule has 2 unspecified atom stereocenters. The molecule has 0 amide bonds. The van der Waals surface area contributed by atoms with E-state index in [4.69, 9.17) is 4.74 Å². The second-order valence-corrected chi connectivity index (χ2v) is 4.35. The van der Waals surface area contributed by atoms with Gasteiger partial charge in [-0.25, -0.2) is 4.79 Å². The first-order valence-corrected chi connectivity index (χ1v) is 5.81. The second kappa shape index (κ2) is 4.23. The molecule has 0 aromatic heterocycles. The Bertz CT molecular complexity index is 381. The van der Waals surface area contributed by atoms with Crippen molar-refractivity contribution in [2.24, 2.45) is 0 Å². The standard InChI is InChI=1S/C11H12BrNO2/c1-2-15-11(14)10-9(12)7-5-3-4-6-8(7)13-10/h3-6,9-10,13H,2H2,1H3. The van der Waals surface area contributed by atoms with Gasteiger partial charge in [0.15, 0.2) is 0 Å². The highest BCUT2D eigenvalue weighted by atomic mass is 79.9. The highest BCUT2D eigenvalue weighted by molar-refractivity contribution is 9.09. The molecule has 1 aromatic carbocycles. The number of carbonyl (C=O) groups excluding carboxylic acids is 1. The largest absolute Gasteiger partial charge is 0.464 e. The third-order valence-corrected chi connectivity index (χ3v) is 3.42. The predicted molar refractivity (Wildman–Crippen MR) is 62.2 cm³/mol. The highest BCUT2D eigenvalue weighted by Crippen LogP contribution is 2.40. The van der Waals surface area contributed by atoms with Crippen LogP contribution in [-0.4, -0.2) is 18.6 Å². The van der Waals surface area contributed by atoms with Crippen LogP contribution in [-0.2, 0) is 9.53 Å². The molecule has 1 N–H and O–H groups in total. The van der Waals surface area contributed by atoms with Gasteiger partial charge in [0.2, 0.25) is 0 Å². The maximum absolute atomic E-state index is 11.6. The molecule has 0 radical (unpaired) electrons. The van der Waals surface area contributed by atoms with Gasteiger partial charge in [-0.1, -0.05) is 34.1 Å². The van der Waals surface area contributed by atoms with Crippen LogP contribution in [0.2, 0.25) is 0 Å². The number of alkyl halides is 1. The lowest BCUT2D eigenvalue weighted by Gasteiger charge is -2.13. The Morgan fingerprint density at radius 1 is 1.53 bits per heavy atom. The van der Waals surface area contributed by atoms with E-state index in [1.54, 1.807) is 0 Å². The minimum atomic E-state index is -0.317.